The number of nitrogens with one attached hydrogen (secondary N) is 2. The zero-order valence-electron chi connectivity index (χ0n) is 16.0. The van der Waals surface area contributed by atoms with Gasteiger partial charge in [-0.1, -0.05) is 61.6 Å². The molecule has 0 saturated heterocycles. The molecule has 0 amide bonds. The van der Waals surface area contributed by atoms with Crippen LogP contribution in [0.15, 0.2) is 44.2 Å². The fourth-order valence-electron chi connectivity index (χ4n) is 2.77. The first-order valence-corrected chi connectivity index (χ1v) is 11.2. The Morgan fingerprint density at radius 3 is 1.75 bits per heavy atom. The highest BCUT2D eigenvalue weighted by molar-refractivity contribution is 7.98. The molecule has 3 rings (SSSR count). The first kappa shape index (κ1) is 20.5. The largest absolute Gasteiger partial charge is 0.343 e. The summed E-state index contributed by atoms with van der Waals surface area (Å²) in [6, 6.07) is 8.30. The Balaban J connectivity index is 1.63. The zero-order chi connectivity index (χ0) is 19.9. The van der Waals surface area contributed by atoms with Gasteiger partial charge in [0.1, 0.15) is 0 Å². The van der Waals surface area contributed by atoms with E-state index in [1.54, 1.807) is 32.7 Å². The molecule has 0 aliphatic carbocycles. The van der Waals surface area contributed by atoms with Crippen molar-refractivity contribution in [2.75, 3.05) is 0 Å². The number of hydrogen-bond acceptors (Lipinski definition) is 6. The maximum Gasteiger partial charge on any atom is 0.343 e. The van der Waals surface area contributed by atoms with E-state index in [0.29, 0.717) is 23.4 Å². The van der Waals surface area contributed by atoms with Crippen molar-refractivity contribution in [2.24, 2.45) is 0 Å². The van der Waals surface area contributed by atoms with Crippen LogP contribution in [-0.2, 0) is 24.6 Å². The third-order valence-corrected chi connectivity index (χ3v) is 6.16. The summed E-state index contributed by atoms with van der Waals surface area (Å²) in [5.41, 5.74) is 2.00. The van der Waals surface area contributed by atoms with E-state index in [-0.39, 0.29) is 11.4 Å². The van der Waals surface area contributed by atoms with Gasteiger partial charge in [-0.25, -0.2) is 19.8 Å². The zero-order valence-corrected chi connectivity index (χ0v) is 17.6. The molecule has 0 aliphatic heterocycles. The summed E-state index contributed by atoms with van der Waals surface area (Å²) in [7, 11) is 0. The molecule has 2 aromatic heterocycles. The number of H-pyrrole nitrogens is 2. The Labute approximate surface area is 171 Å². The molecule has 0 bridgehead atoms. The van der Waals surface area contributed by atoms with E-state index in [9.17, 15) is 9.59 Å². The lowest BCUT2D eigenvalue weighted by molar-refractivity contribution is 0.603. The molecule has 0 fully saturated rings. The number of benzene rings is 1. The van der Waals surface area contributed by atoms with Crippen molar-refractivity contribution in [1.29, 1.82) is 0 Å². The van der Waals surface area contributed by atoms with Gasteiger partial charge in [0.05, 0.1) is 0 Å². The molecule has 0 radical (unpaired) electrons. The van der Waals surface area contributed by atoms with Crippen LogP contribution in [0, 0.1) is 0 Å². The first-order chi connectivity index (χ1) is 13.6. The van der Waals surface area contributed by atoms with E-state index in [0.717, 1.165) is 35.5 Å². The number of rotatable bonds is 10. The van der Waals surface area contributed by atoms with E-state index >= 15 is 0 Å². The monoisotopic (exact) mass is 420 g/mol. The second-order valence-corrected chi connectivity index (χ2v) is 8.21. The van der Waals surface area contributed by atoms with Crippen LogP contribution in [0.3, 0.4) is 0 Å². The van der Waals surface area contributed by atoms with Crippen molar-refractivity contribution in [3.05, 3.63) is 56.4 Å². The molecule has 8 nitrogen and oxygen atoms in total. The Kier molecular flexibility index (Phi) is 7.21. The van der Waals surface area contributed by atoms with Crippen LogP contribution in [-0.4, -0.2) is 29.5 Å². The van der Waals surface area contributed by atoms with Crippen molar-refractivity contribution in [3.8, 4) is 0 Å². The van der Waals surface area contributed by atoms with Crippen LogP contribution < -0.4 is 11.4 Å². The third-order valence-electron chi connectivity index (χ3n) is 4.07. The van der Waals surface area contributed by atoms with Crippen molar-refractivity contribution in [1.82, 2.24) is 29.5 Å². The van der Waals surface area contributed by atoms with Gasteiger partial charge in [-0.15, -0.1) is 10.2 Å². The van der Waals surface area contributed by atoms with Gasteiger partial charge < -0.3 is 0 Å². The third kappa shape index (κ3) is 4.99. The maximum atomic E-state index is 11.8. The Bertz CT molecular complexity index is 942. The first-order valence-electron chi connectivity index (χ1n) is 9.26. The molecular formula is C18H24N6O2S2. The Morgan fingerprint density at radius 1 is 0.857 bits per heavy atom. The second-order valence-electron chi connectivity index (χ2n) is 6.32. The molecule has 10 heteroatoms. The normalized spacial score (nSPS) is 11.2. The predicted molar refractivity (Wildman–Crippen MR) is 112 cm³/mol. The minimum Gasteiger partial charge on any atom is -0.270 e. The SMILES string of the molecule is CCCn1c(SCc2cccc(CSc3n[nH]c(=O)n3CCC)c2)n[nH]c1=O. The standard InChI is InChI=1S/C18H24N6O2S2/c1-3-8-23-15(25)19-21-17(23)27-11-13-6-5-7-14(10-13)12-28-18-22-20-16(26)24(18)9-4-2/h5-7,10H,3-4,8-9,11-12H2,1-2H3,(H,19,25)(H,20,26). The quantitative estimate of drug-likeness (QED) is 0.489. The van der Waals surface area contributed by atoms with Crippen LogP contribution in [0.5, 0.6) is 0 Å². The second kappa shape index (κ2) is 9.83. The highest BCUT2D eigenvalue weighted by atomic mass is 32.2. The van der Waals surface area contributed by atoms with E-state index < -0.39 is 0 Å². The molecule has 0 unspecified atom stereocenters. The highest BCUT2D eigenvalue weighted by Gasteiger charge is 2.10. The van der Waals surface area contributed by atoms with Gasteiger partial charge in [0.25, 0.3) is 0 Å². The smallest absolute Gasteiger partial charge is 0.270 e. The Hall–Kier alpha value is -2.20. The topological polar surface area (TPSA) is 101 Å². The van der Waals surface area contributed by atoms with Gasteiger partial charge >= 0.3 is 11.4 Å². The van der Waals surface area contributed by atoms with Gasteiger partial charge in [0.2, 0.25) is 0 Å². The van der Waals surface area contributed by atoms with Gasteiger partial charge in [-0.05, 0) is 24.0 Å². The van der Waals surface area contributed by atoms with E-state index in [1.165, 1.54) is 0 Å². The fraction of sp³-hybridized carbons (Fsp3) is 0.444. The van der Waals surface area contributed by atoms with Crippen LogP contribution in [0.1, 0.15) is 37.8 Å². The Morgan fingerprint density at radius 2 is 1.32 bits per heavy atom. The summed E-state index contributed by atoms with van der Waals surface area (Å²) < 4.78 is 3.35. The minimum absolute atomic E-state index is 0.161. The molecule has 2 N–H and O–H groups in total. The average Bonchev–Trinajstić information content (AvgIpc) is 3.23. The van der Waals surface area contributed by atoms with Crippen molar-refractivity contribution in [2.45, 2.75) is 61.6 Å². The lowest BCUT2D eigenvalue weighted by atomic mass is 10.2. The number of aromatic amines is 2. The fourth-order valence-corrected chi connectivity index (χ4v) is 4.60. The molecule has 0 spiro atoms. The maximum absolute atomic E-state index is 11.8. The summed E-state index contributed by atoms with van der Waals surface area (Å²) in [5, 5.41) is 14.7. The summed E-state index contributed by atoms with van der Waals surface area (Å²) in [4.78, 5) is 23.6. The number of aromatic nitrogens is 6. The molecule has 2 heterocycles. The molecular weight excluding hydrogens is 396 g/mol. The van der Waals surface area contributed by atoms with Crippen LogP contribution >= 0.6 is 23.5 Å². The van der Waals surface area contributed by atoms with Crippen molar-refractivity contribution >= 4 is 23.5 Å². The molecule has 0 atom stereocenters. The van der Waals surface area contributed by atoms with Gasteiger partial charge in [-0.2, -0.15) is 0 Å². The van der Waals surface area contributed by atoms with Crippen LogP contribution in [0.25, 0.3) is 0 Å². The molecule has 150 valence electrons. The van der Waals surface area contributed by atoms with Crippen LogP contribution in [0.4, 0.5) is 0 Å². The van der Waals surface area contributed by atoms with Crippen molar-refractivity contribution < 1.29 is 0 Å². The summed E-state index contributed by atoms with van der Waals surface area (Å²) in [6.45, 7) is 5.40. The molecule has 0 aliphatic rings. The number of nitrogens with zero attached hydrogens (tertiary/aromatic N) is 4. The van der Waals surface area contributed by atoms with Crippen LogP contribution in [0.2, 0.25) is 0 Å². The number of thioether (sulfide) groups is 2. The van der Waals surface area contributed by atoms with Gasteiger partial charge in [0.15, 0.2) is 10.3 Å². The lowest BCUT2D eigenvalue weighted by Gasteiger charge is -2.07. The van der Waals surface area contributed by atoms with Gasteiger partial charge in [-0.3, -0.25) is 9.13 Å². The van der Waals surface area contributed by atoms with Gasteiger partial charge in [0, 0.05) is 24.6 Å². The molecule has 28 heavy (non-hydrogen) atoms. The summed E-state index contributed by atoms with van der Waals surface area (Å²) in [6.07, 6.45) is 1.77. The lowest BCUT2D eigenvalue weighted by Crippen LogP contribution is -2.17. The van der Waals surface area contributed by atoms with E-state index in [1.807, 2.05) is 19.9 Å². The molecule has 3 aromatic rings. The molecule has 1 aromatic carbocycles. The average molecular weight is 421 g/mol. The minimum atomic E-state index is -0.161. The summed E-state index contributed by atoms with van der Waals surface area (Å²) in [5.74, 6) is 1.46. The van der Waals surface area contributed by atoms with Crippen molar-refractivity contribution in [3.63, 3.8) is 0 Å². The summed E-state index contributed by atoms with van der Waals surface area (Å²) >= 11 is 3.09. The van der Waals surface area contributed by atoms with E-state index in [2.05, 4.69) is 38.6 Å². The number of hydrogen-bond donors (Lipinski definition) is 2. The van der Waals surface area contributed by atoms with E-state index in [4.69, 9.17) is 0 Å². The highest BCUT2D eigenvalue weighted by Crippen LogP contribution is 2.24. The predicted octanol–water partition coefficient (Wildman–Crippen LogP) is 2.86. The molecule has 0 saturated carbocycles.